The molecule has 5 rings (SSSR count). The first-order valence-electron chi connectivity index (χ1n) is 18.9. The summed E-state index contributed by atoms with van der Waals surface area (Å²) in [5.41, 5.74) is -2.03. The Morgan fingerprint density at radius 1 is 1.09 bits per heavy atom. The predicted octanol–water partition coefficient (Wildman–Crippen LogP) is 3.58. The van der Waals surface area contributed by atoms with Crippen LogP contribution in [0.25, 0.3) is 10.7 Å². The molecule has 15 nitrogen and oxygen atoms in total. The van der Waals surface area contributed by atoms with E-state index in [2.05, 4.69) is 32.6 Å². The number of aliphatic hydroxyl groups is 1. The number of aliphatic hydroxyl groups excluding tert-OH is 1. The van der Waals surface area contributed by atoms with Crippen molar-refractivity contribution >= 4 is 34.9 Å². The first kappa shape index (κ1) is 42.4. The van der Waals surface area contributed by atoms with E-state index in [1.807, 2.05) is 38.2 Å². The van der Waals surface area contributed by atoms with E-state index in [1.165, 1.54) is 18.3 Å². The van der Waals surface area contributed by atoms with Crippen LogP contribution in [0.15, 0.2) is 22.2 Å². The Morgan fingerprint density at radius 2 is 1.82 bits per heavy atom. The molecule has 0 aromatic carbocycles. The smallest absolute Gasteiger partial charge is 0.316 e. The van der Waals surface area contributed by atoms with E-state index in [4.69, 9.17) is 23.5 Å². The molecule has 3 saturated heterocycles. The zero-order valence-electron chi connectivity index (χ0n) is 33.3. The van der Waals surface area contributed by atoms with Crippen LogP contribution in [-0.2, 0) is 33.3 Å². The van der Waals surface area contributed by atoms with Crippen LogP contribution < -0.4 is 10.6 Å². The molecule has 302 valence electrons. The summed E-state index contributed by atoms with van der Waals surface area (Å²) in [5, 5.41) is 23.9. The fraction of sp³-hybridized carbons (Fsp3) is 0.692. The van der Waals surface area contributed by atoms with Gasteiger partial charge < -0.3 is 44.1 Å². The van der Waals surface area contributed by atoms with Crippen LogP contribution in [0.5, 0.6) is 0 Å². The molecule has 0 bridgehead atoms. The molecule has 0 saturated carbocycles. The average molecular weight is 786 g/mol. The lowest BCUT2D eigenvalue weighted by molar-refractivity contribution is -0.296. The molecule has 3 aliphatic rings. The number of carbonyl (C=O) groups is 4. The molecular weight excluding hydrogens is 731 g/mol. The molecule has 5 heterocycles. The zero-order chi connectivity index (χ0) is 40.4. The third-order valence-electron chi connectivity index (χ3n) is 11.4. The lowest BCUT2D eigenvalue weighted by Gasteiger charge is -2.47. The van der Waals surface area contributed by atoms with E-state index in [0.29, 0.717) is 23.5 Å². The summed E-state index contributed by atoms with van der Waals surface area (Å²) in [6.45, 7) is 13.6. The van der Waals surface area contributed by atoms with Gasteiger partial charge in [0.25, 0.3) is 0 Å². The number of likely N-dealkylation sites (N-methyl/N-ethyl adjacent to an activating group) is 1. The highest BCUT2D eigenvalue weighted by molar-refractivity contribution is 7.13. The zero-order valence-corrected chi connectivity index (χ0v) is 34.1. The lowest BCUT2D eigenvalue weighted by Crippen LogP contribution is -2.62. The molecule has 0 radical (unpaired) electrons. The number of ketones is 2. The van der Waals surface area contributed by atoms with Crippen LogP contribution in [0.2, 0.25) is 0 Å². The molecular formula is C39H55N5O10S. The molecule has 0 spiro atoms. The van der Waals surface area contributed by atoms with E-state index in [0.717, 1.165) is 0 Å². The summed E-state index contributed by atoms with van der Waals surface area (Å²) in [6.07, 6.45) is -2.02. The average Bonchev–Trinajstić information content (AvgIpc) is 3.91. The molecule has 13 atom stereocenters. The van der Waals surface area contributed by atoms with Gasteiger partial charge in [-0.25, -0.2) is 9.78 Å². The minimum Gasteiger partial charge on any atom is -0.459 e. The van der Waals surface area contributed by atoms with Crippen molar-refractivity contribution in [1.29, 1.82) is 0 Å². The van der Waals surface area contributed by atoms with Crippen molar-refractivity contribution in [3.8, 4) is 22.5 Å². The Hall–Kier alpha value is -3.72. The van der Waals surface area contributed by atoms with Gasteiger partial charge in [0.2, 0.25) is 5.76 Å². The van der Waals surface area contributed by atoms with Crippen molar-refractivity contribution in [2.75, 3.05) is 20.7 Å². The largest absolute Gasteiger partial charge is 0.459 e. The van der Waals surface area contributed by atoms with Crippen LogP contribution in [-0.4, -0.2) is 118 Å². The molecule has 16 heteroatoms. The van der Waals surface area contributed by atoms with Gasteiger partial charge in [-0.2, -0.15) is 0 Å². The van der Waals surface area contributed by atoms with Gasteiger partial charge in [0.15, 0.2) is 12.1 Å². The van der Waals surface area contributed by atoms with E-state index in [-0.39, 0.29) is 36.7 Å². The van der Waals surface area contributed by atoms with Gasteiger partial charge in [0.1, 0.15) is 41.2 Å². The van der Waals surface area contributed by atoms with Gasteiger partial charge in [-0.15, -0.1) is 11.3 Å². The Labute approximate surface area is 326 Å². The number of hydrogen-bond acceptors (Lipinski definition) is 14. The highest BCUT2D eigenvalue weighted by atomic mass is 32.1. The lowest BCUT2D eigenvalue weighted by atomic mass is 9.73. The maximum Gasteiger partial charge on any atom is 0.316 e. The van der Waals surface area contributed by atoms with Crippen molar-refractivity contribution in [3.05, 3.63) is 23.4 Å². The maximum atomic E-state index is 14.4. The van der Waals surface area contributed by atoms with Crippen molar-refractivity contribution in [1.82, 2.24) is 25.7 Å². The molecule has 3 fully saturated rings. The molecule has 2 aromatic rings. The van der Waals surface area contributed by atoms with Gasteiger partial charge in [0.05, 0.1) is 29.4 Å². The van der Waals surface area contributed by atoms with E-state index in [1.54, 1.807) is 46.9 Å². The molecule has 2 aromatic heterocycles. The first-order valence-corrected chi connectivity index (χ1v) is 19.8. The highest BCUT2D eigenvalue weighted by Gasteiger charge is 2.55. The van der Waals surface area contributed by atoms with Crippen LogP contribution in [0.3, 0.4) is 0 Å². The second-order valence-electron chi connectivity index (χ2n) is 15.8. The summed E-state index contributed by atoms with van der Waals surface area (Å²) in [4.78, 5) is 61.6. The van der Waals surface area contributed by atoms with Gasteiger partial charge in [-0.05, 0) is 67.0 Å². The van der Waals surface area contributed by atoms with E-state index >= 15 is 0 Å². The molecule has 3 aliphatic heterocycles. The summed E-state index contributed by atoms with van der Waals surface area (Å²) in [7, 11) is 3.71. The predicted molar refractivity (Wildman–Crippen MR) is 201 cm³/mol. The topological polar surface area (TPSA) is 192 Å². The van der Waals surface area contributed by atoms with Crippen LogP contribution in [0, 0.1) is 35.5 Å². The van der Waals surface area contributed by atoms with E-state index in [9.17, 15) is 24.3 Å². The Morgan fingerprint density at radius 3 is 2.47 bits per heavy atom. The van der Waals surface area contributed by atoms with Gasteiger partial charge in [-0.1, -0.05) is 38.8 Å². The number of amides is 2. The molecule has 2 amide bonds. The number of nitrogens with one attached hydrogen (secondary N) is 2. The summed E-state index contributed by atoms with van der Waals surface area (Å²) >= 11 is 1.41. The number of fused-ring (bicyclic) bond motifs is 1. The maximum absolute atomic E-state index is 14.4. The van der Waals surface area contributed by atoms with Crippen molar-refractivity contribution in [2.45, 2.75) is 129 Å². The minimum atomic E-state index is -1.43. The van der Waals surface area contributed by atoms with Crippen molar-refractivity contribution < 1.29 is 47.8 Å². The second kappa shape index (κ2) is 17.2. The summed E-state index contributed by atoms with van der Waals surface area (Å²) in [5.74, 6) is 1.03. The number of hydrogen-bond donors (Lipinski definition) is 3. The Balaban J connectivity index is 1.55. The first-order chi connectivity index (χ1) is 25.9. The number of aromatic nitrogens is 2. The number of rotatable bonds is 7. The normalized spacial score (nSPS) is 37.6. The number of Topliss-reactive ketones (excluding diaryl/α,β-unsaturated/α-hetero) is 2. The van der Waals surface area contributed by atoms with Crippen molar-refractivity contribution in [3.63, 3.8) is 0 Å². The third-order valence-corrected chi connectivity index (χ3v) is 12.2. The number of cyclic esters (lactones) is 1. The standard InChI is InChI=1S/C39H55N5O10S/c1-11-28-39(8)32(41-37(49)42-39)22(4)29(45)20(2)19-38(7,50-15-12-13-25-18-26(43-54-25)34-40-14-16-55-34)33(23(5)30(46)24(6)35(48)52-28)53-36-31(47)27(44(9)10)17-21(3)51-36/h14,16,18,20-24,27-28,31-33,36,47H,11,15,17,19H2,1-10H3,(H2,41,42,49)/t20-,21-,22+,23+,24-,27+,28-,31-,32-,33-,36+,38-,39-/m1/s1. The van der Waals surface area contributed by atoms with Gasteiger partial charge >= 0.3 is 12.0 Å². The number of urea groups is 1. The minimum absolute atomic E-state index is 0.0486. The Kier molecular flexibility index (Phi) is 13.3. The number of thiazole rings is 1. The van der Waals surface area contributed by atoms with Gasteiger partial charge in [-0.3, -0.25) is 14.4 Å². The second-order valence-corrected chi connectivity index (χ2v) is 16.7. The summed E-state index contributed by atoms with van der Waals surface area (Å²) in [6, 6.07) is 0.121. The van der Waals surface area contributed by atoms with E-state index < -0.39 is 83.2 Å². The molecule has 0 unspecified atom stereocenters. The fourth-order valence-corrected chi connectivity index (χ4v) is 8.97. The Bertz CT molecular complexity index is 1760. The van der Waals surface area contributed by atoms with Crippen LogP contribution in [0.1, 0.15) is 80.4 Å². The number of esters is 1. The van der Waals surface area contributed by atoms with Crippen molar-refractivity contribution in [2.24, 2.45) is 23.7 Å². The number of carbonyl (C=O) groups excluding carboxylic acids is 4. The molecule has 55 heavy (non-hydrogen) atoms. The monoisotopic (exact) mass is 785 g/mol. The van der Waals surface area contributed by atoms with Crippen LogP contribution in [0.4, 0.5) is 4.79 Å². The molecule has 0 aliphatic carbocycles. The SMILES string of the molecule is CC[C@H]1OC(=O)[C@H](C)C(=O)[C@H](C)[C@@H](O[C@@H]2O[C@H](C)C[C@H](N(C)C)[C@H]2O)[C@](C)(OCC#Cc2cc(-c3nccs3)no2)C[C@@H](C)C(=O)[C@H](C)[C@H]2NC(=O)N[C@@]21C. The molecule has 3 N–H and O–H groups in total. The quantitative estimate of drug-likeness (QED) is 0.210. The van der Waals surface area contributed by atoms with Crippen LogP contribution >= 0.6 is 11.3 Å². The summed E-state index contributed by atoms with van der Waals surface area (Å²) < 4.78 is 30.9. The number of ether oxygens (including phenoxy) is 4. The highest BCUT2D eigenvalue weighted by Crippen LogP contribution is 2.39. The number of nitrogens with zero attached hydrogens (tertiary/aromatic N) is 3. The van der Waals surface area contributed by atoms with Gasteiger partial charge in [0, 0.05) is 41.4 Å². The fourth-order valence-electron chi connectivity index (χ4n) is 8.38. The third kappa shape index (κ3) is 8.97.